The van der Waals surface area contributed by atoms with Crippen LogP contribution >= 0.6 is 12.4 Å². The predicted molar refractivity (Wildman–Crippen MR) is 118 cm³/mol. The summed E-state index contributed by atoms with van der Waals surface area (Å²) in [6.07, 6.45) is 7.83. The van der Waals surface area contributed by atoms with Crippen LogP contribution in [0.3, 0.4) is 0 Å². The molecule has 1 aromatic rings. The molecule has 1 aromatic carbocycles. The van der Waals surface area contributed by atoms with E-state index in [2.05, 4.69) is 39.5 Å². The fraction of sp³-hybridized carbons (Fsp3) is 0.652. The number of hydrogen-bond donors (Lipinski definition) is 4. The quantitative estimate of drug-likeness (QED) is 0.557. The lowest BCUT2D eigenvalue weighted by molar-refractivity contribution is -0.121. The van der Waals surface area contributed by atoms with E-state index in [0.29, 0.717) is 19.5 Å². The molecule has 0 saturated heterocycles. The smallest absolute Gasteiger partial charge is 0.315 e. The third kappa shape index (κ3) is 4.59. The Balaban J connectivity index is 0.00000218. The van der Waals surface area contributed by atoms with Crippen LogP contribution in [0.25, 0.3) is 0 Å². The lowest BCUT2D eigenvalue weighted by atomic mass is 9.53. The van der Waals surface area contributed by atoms with Gasteiger partial charge in [0, 0.05) is 38.1 Å². The van der Waals surface area contributed by atoms with Crippen molar-refractivity contribution in [2.75, 3.05) is 6.54 Å². The van der Waals surface area contributed by atoms with Gasteiger partial charge in [0.05, 0.1) is 0 Å². The Morgan fingerprint density at radius 2 is 1.63 bits per heavy atom. The SMILES string of the molecule is Cl.O=C(CCNC(=O)NC12CC3CC(CC(C3)C1)C2)NCc1ccc2c(c1)CNC2. The lowest BCUT2D eigenvalue weighted by Crippen LogP contribution is -2.61. The van der Waals surface area contributed by atoms with E-state index in [1.54, 1.807) is 0 Å². The third-order valence-corrected chi connectivity index (χ3v) is 7.45. The Morgan fingerprint density at radius 1 is 0.967 bits per heavy atom. The lowest BCUT2D eigenvalue weighted by Gasteiger charge is -2.56. The maximum absolute atomic E-state index is 12.4. The van der Waals surface area contributed by atoms with Crippen molar-refractivity contribution in [2.45, 2.75) is 70.1 Å². The number of fused-ring (bicyclic) bond motifs is 1. The standard InChI is InChI=1S/C23H32N4O2.ClH/c28-21(26-12-15-1-2-19-13-24-14-20(19)8-15)3-4-25-22(29)27-23-9-16-5-17(10-23)7-18(6-16)11-23;/h1-2,8,16-18,24H,3-7,9-14H2,(H,26,28)(H2,25,27,29);1H. The van der Waals surface area contributed by atoms with Gasteiger partial charge in [-0.15, -0.1) is 12.4 Å². The van der Waals surface area contributed by atoms with Gasteiger partial charge in [-0.05, 0) is 73.0 Å². The maximum atomic E-state index is 12.4. The van der Waals surface area contributed by atoms with Crippen LogP contribution in [0.2, 0.25) is 0 Å². The van der Waals surface area contributed by atoms with E-state index in [1.807, 2.05) is 0 Å². The van der Waals surface area contributed by atoms with Crippen molar-refractivity contribution in [3.8, 4) is 0 Å². The topological polar surface area (TPSA) is 82.3 Å². The first kappa shape index (κ1) is 21.4. The molecule has 0 atom stereocenters. The highest BCUT2D eigenvalue weighted by Gasteiger charge is 2.51. The van der Waals surface area contributed by atoms with Crippen LogP contribution in [-0.2, 0) is 24.4 Å². The summed E-state index contributed by atoms with van der Waals surface area (Å²) in [5.41, 5.74) is 3.80. The van der Waals surface area contributed by atoms with Gasteiger partial charge in [-0.3, -0.25) is 4.79 Å². The second-order valence-electron chi connectivity index (χ2n) is 9.81. The number of rotatable bonds is 6. The number of nitrogens with one attached hydrogen (secondary N) is 4. The van der Waals surface area contributed by atoms with Gasteiger partial charge in [0.2, 0.25) is 5.91 Å². The summed E-state index contributed by atoms with van der Waals surface area (Å²) < 4.78 is 0. The molecule has 4 N–H and O–H groups in total. The molecule has 3 amide bonds. The van der Waals surface area contributed by atoms with E-state index in [0.717, 1.165) is 55.7 Å². The molecule has 164 valence electrons. The molecule has 4 bridgehead atoms. The highest BCUT2D eigenvalue weighted by atomic mass is 35.5. The van der Waals surface area contributed by atoms with Crippen molar-refractivity contribution < 1.29 is 9.59 Å². The van der Waals surface area contributed by atoms with Crippen molar-refractivity contribution in [3.05, 3.63) is 34.9 Å². The van der Waals surface area contributed by atoms with Gasteiger partial charge in [-0.25, -0.2) is 4.79 Å². The Bertz CT molecular complexity index is 777. The second kappa shape index (κ2) is 8.75. The van der Waals surface area contributed by atoms with Crippen molar-refractivity contribution in [1.29, 1.82) is 0 Å². The molecule has 7 heteroatoms. The van der Waals surface area contributed by atoms with Crippen LogP contribution in [0.1, 0.15) is 61.6 Å². The Hall–Kier alpha value is -1.79. The molecule has 0 aromatic heterocycles. The van der Waals surface area contributed by atoms with Crippen LogP contribution in [0.4, 0.5) is 4.79 Å². The molecule has 1 heterocycles. The monoisotopic (exact) mass is 432 g/mol. The molecule has 0 spiro atoms. The molecular weight excluding hydrogens is 400 g/mol. The largest absolute Gasteiger partial charge is 0.352 e. The number of halogens is 1. The molecule has 1 aliphatic heterocycles. The van der Waals surface area contributed by atoms with Crippen molar-refractivity contribution in [1.82, 2.24) is 21.3 Å². The number of carbonyl (C=O) groups is 2. The Kier molecular flexibility index (Phi) is 6.26. The zero-order valence-corrected chi connectivity index (χ0v) is 18.3. The molecule has 30 heavy (non-hydrogen) atoms. The predicted octanol–water partition coefficient (Wildman–Crippen LogP) is 2.99. The molecule has 6 nitrogen and oxygen atoms in total. The van der Waals surface area contributed by atoms with Crippen LogP contribution < -0.4 is 21.3 Å². The minimum Gasteiger partial charge on any atom is -0.352 e. The first-order valence-corrected chi connectivity index (χ1v) is 11.2. The van der Waals surface area contributed by atoms with Gasteiger partial charge in [-0.1, -0.05) is 18.2 Å². The van der Waals surface area contributed by atoms with E-state index in [-0.39, 0.29) is 29.9 Å². The molecule has 6 rings (SSSR count). The van der Waals surface area contributed by atoms with Crippen LogP contribution in [0.5, 0.6) is 0 Å². The van der Waals surface area contributed by atoms with E-state index in [4.69, 9.17) is 0 Å². The van der Waals surface area contributed by atoms with Gasteiger partial charge >= 0.3 is 6.03 Å². The van der Waals surface area contributed by atoms with E-state index >= 15 is 0 Å². The number of hydrogen-bond acceptors (Lipinski definition) is 3. The highest BCUT2D eigenvalue weighted by Crippen LogP contribution is 2.55. The summed E-state index contributed by atoms with van der Waals surface area (Å²) in [6, 6.07) is 6.26. The Labute approximate surface area is 184 Å². The third-order valence-electron chi connectivity index (χ3n) is 7.45. The molecule has 5 aliphatic rings. The van der Waals surface area contributed by atoms with Crippen molar-refractivity contribution in [2.24, 2.45) is 17.8 Å². The number of urea groups is 1. The van der Waals surface area contributed by atoms with Gasteiger partial charge in [0.25, 0.3) is 0 Å². The molecule has 0 radical (unpaired) electrons. The molecule has 4 aliphatic carbocycles. The minimum absolute atomic E-state index is 0. The van der Waals surface area contributed by atoms with Crippen LogP contribution in [0, 0.1) is 17.8 Å². The Morgan fingerprint density at radius 3 is 2.33 bits per heavy atom. The normalized spacial score (nSPS) is 30.3. The second-order valence-corrected chi connectivity index (χ2v) is 9.81. The zero-order chi connectivity index (χ0) is 19.8. The number of amides is 3. The van der Waals surface area contributed by atoms with Gasteiger partial charge < -0.3 is 21.3 Å². The molecule has 4 fully saturated rings. The fourth-order valence-electron chi connectivity index (χ4n) is 6.59. The van der Waals surface area contributed by atoms with E-state index in [1.165, 1.54) is 30.4 Å². The zero-order valence-electron chi connectivity index (χ0n) is 17.5. The maximum Gasteiger partial charge on any atom is 0.315 e. The summed E-state index contributed by atoms with van der Waals surface area (Å²) in [6.45, 7) is 2.74. The van der Waals surface area contributed by atoms with Crippen LogP contribution in [0.15, 0.2) is 18.2 Å². The highest BCUT2D eigenvalue weighted by molar-refractivity contribution is 5.85. The summed E-state index contributed by atoms with van der Waals surface area (Å²) in [4.78, 5) is 24.6. The minimum atomic E-state index is -0.106. The average Bonchev–Trinajstić information content (AvgIpc) is 3.12. The van der Waals surface area contributed by atoms with E-state index in [9.17, 15) is 9.59 Å². The summed E-state index contributed by atoms with van der Waals surface area (Å²) in [5.74, 6) is 2.39. The molecular formula is C23H33ClN4O2. The summed E-state index contributed by atoms with van der Waals surface area (Å²) >= 11 is 0. The molecule has 4 saturated carbocycles. The van der Waals surface area contributed by atoms with Crippen molar-refractivity contribution >= 4 is 24.3 Å². The first-order valence-electron chi connectivity index (χ1n) is 11.2. The van der Waals surface area contributed by atoms with E-state index < -0.39 is 0 Å². The number of carbonyl (C=O) groups excluding carboxylic acids is 2. The van der Waals surface area contributed by atoms with Gasteiger partial charge in [0.15, 0.2) is 0 Å². The first-order chi connectivity index (χ1) is 14.1. The fourth-order valence-corrected chi connectivity index (χ4v) is 6.59. The van der Waals surface area contributed by atoms with Crippen LogP contribution in [-0.4, -0.2) is 24.0 Å². The average molecular weight is 433 g/mol. The van der Waals surface area contributed by atoms with Gasteiger partial charge in [0.1, 0.15) is 0 Å². The summed E-state index contributed by atoms with van der Waals surface area (Å²) in [7, 11) is 0. The number of benzene rings is 1. The van der Waals surface area contributed by atoms with Gasteiger partial charge in [-0.2, -0.15) is 0 Å². The summed E-state index contributed by atoms with van der Waals surface area (Å²) in [5, 5.41) is 12.5. The molecule has 0 unspecified atom stereocenters. The van der Waals surface area contributed by atoms with Crippen molar-refractivity contribution in [3.63, 3.8) is 0 Å².